The van der Waals surface area contributed by atoms with Crippen molar-refractivity contribution in [2.75, 3.05) is 0 Å². The highest BCUT2D eigenvalue weighted by molar-refractivity contribution is 6.08. The van der Waals surface area contributed by atoms with Gasteiger partial charge in [0.25, 0.3) is 0 Å². The molecule has 0 fully saturated rings. The smallest absolute Gasteiger partial charge is 0.227 e. The van der Waals surface area contributed by atoms with Gasteiger partial charge in [0.2, 0.25) is 5.71 Å². The third kappa shape index (κ3) is 3.28. The van der Waals surface area contributed by atoms with E-state index in [9.17, 15) is 4.39 Å². The van der Waals surface area contributed by atoms with Crippen molar-refractivity contribution >= 4 is 22.1 Å². The summed E-state index contributed by atoms with van der Waals surface area (Å²) in [5.41, 5.74) is 7.87. The minimum absolute atomic E-state index is 0.232. The van der Waals surface area contributed by atoms with Crippen molar-refractivity contribution in [1.82, 2.24) is 9.97 Å². The van der Waals surface area contributed by atoms with Crippen LogP contribution in [0.2, 0.25) is 0 Å². The largest absolute Gasteiger partial charge is 0.437 e. The average Bonchev–Trinajstić information content (AvgIpc) is 3.11. The van der Waals surface area contributed by atoms with Crippen molar-refractivity contribution in [2.24, 2.45) is 0 Å². The Hall–Kier alpha value is -3.53. The minimum Gasteiger partial charge on any atom is -0.437 e. The van der Waals surface area contributed by atoms with E-state index in [-0.39, 0.29) is 5.82 Å². The van der Waals surface area contributed by atoms with Crippen LogP contribution in [0.25, 0.3) is 44.6 Å². The van der Waals surface area contributed by atoms with Gasteiger partial charge in [-0.25, -0.2) is 9.37 Å². The molecule has 0 aliphatic carbocycles. The zero-order valence-corrected chi connectivity index (χ0v) is 18.0. The standard InChI is InChI=1S/C27H23FN2O/c1-15(2)18-10-11-29-24(14-18)22-7-5-6-20-21-8-9-23(30-27(21)31-26(20)22)25-16(3)12-19(28)13-17(25)4/h5-15H,1-4H3. The van der Waals surface area contributed by atoms with Gasteiger partial charge in [-0.15, -0.1) is 0 Å². The predicted octanol–water partition coefficient (Wildman–Crippen LogP) is 7.59. The van der Waals surface area contributed by atoms with Crippen LogP contribution in [0.4, 0.5) is 4.39 Å². The summed E-state index contributed by atoms with van der Waals surface area (Å²) in [6.45, 7) is 8.15. The van der Waals surface area contributed by atoms with Crippen LogP contribution in [0, 0.1) is 19.7 Å². The summed E-state index contributed by atoms with van der Waals surface area (Å²) in [4.78, 5) is 9.40. The van der Waals surface area contributed by atoms with E-state index in [1.54, 1.807) is 12.1 Å². The Morgan fingerprint density at radius 3 is 2.39 bits per heavy atom. The molecule has 0 spiro atoms. The molecule has 0 N–H and O–H groups in total. The molecule has 3 aromatic heterocycles. The van der Waals surface area contributed by atoms with E-state index < -0.39 is 0 Å². The van der Waals surface area contributed by atoms with Crippen LogP contribution < -0.4 is 0 Å². The van der Waals surface area contributed by atoms with E-state index in [2.05, 4.69) is 24.9 Å². The summed E-state index contributed by atoms with van der Waals surface area (Å²) in [6.07, 6.45) is 1.85. The van der Waals surface area contributed by atoms with Gasteiger partial charge in [0, 0.05) is 28.1 Å². The molecule has 0 aliphatic rings. The van der Waals surface area contributed by atoms with Crippen LogP contribution in [0.15, 0.2) is 65.2 Å². The number of fused-ring (bicyclic) bond motifs is 3. The van der Waals surface area contributed by atoms with Crippen molar-refractivity contribution in [2.45, 2.75) is 33.6 Å². The van der Waals surface area contributed by atoms with E-state index in [0.717, 1.165) is 50.0 Å². The zero-order valence-electron chi connectivity index (χ0n) is 18.0. The van der Waals surface area contributed by atoms with Gasteiger partial charge in [-0.05, 0) is 78.9 Å². The molecule has 0 saturated carbocycles. The van der Waals surface area contributed by atoms with E-state index >= 15 is 0 Å². The van der Waals surface area contributed by atoms with E-state index in [1.165, 1.54) is 5.56 Å². The van der Waals surface area contributed by atoms with E-state index in [4.69, 9.17) is 9.40 Å². The summed E-state index contributed by atoms with van der Waals surface area (Å²) in [6, 6.07) is 17.4. The van der Waals surface area contributed by atoms with Crippen LogP contribution in [0.3, 0.4) is 0 Å². The first-order valence-corrected chi connectivity index (χ1v) is 10.5. The minimum atomic E-state index is -0.232. The molecule has 0 amide bonds. The van der Waals surface area contributed by atoms with Crippen LogP contribution in [0.1, 0.15) is 36.5 Å². The number of pyridine rings is 2. The molecular formula is C27H23FN2O. The maximum atomic E-state index is 13.8. The van der Waals surface area contributed by atoms with Gasteiger partial charge in [-0.1, -0.05) is 26.0 Å². The maximum absolute atomic E-state index is 13.8. The van der Waals surface area contributed by atoms with Crippen LogP contribution in [-0.4, -0.2) is 9.97 Å². The number of furan rings is 1. The first kappa shape index (κ1) is 19.4. The fraction of sp³-hybridized carbons (Fsp3) is 0.185. The SMILES string of the molecule is Cc1cc(F)cc(C)c1-c1ccc2c(n1)oc1c(-c3cc(C(C)C)ccn3)cccc12. The summed E-state index contributed by atoms with van der Waals surface area (Å²) in [5, 5.41) is 1.97. The fourth-order valence-electron chi connectivity index (χ4n) is 4.29. The quantitative estimate of drug-likeness (QED) is 0.307. The molecule has 0 bridgehead atoms. The maximum Gasteiger partial charge on any atom is 0.227 e. The van der Waals surface area contributed by atoms with Gasteiger partial charge >= 0.3 is 0 Å². The van der Waals surface area contributed by atoms with E-state index in [1.807, 2.05) is 56.4 Å². The van der Waals surface area contributed by atoms with Gasteiger partial charge in [0.15, 0.2) is 0 Å². The first-order chi connectivity index (χ1) is 14.9. The summed E-state index contributed by atoms with van der Waals surface area (Å²) < 4.78 is 20.0. The molecule has 31 heavy (non-hydrogen) atoms. The molecule has 5 aromatic rings. The van der Waals surface area contributed by atoms with Crippen molar-refractivity contribution in [3.05, 3.63) is 83.3 Å². The van der Waals surface area contributed by atoms with Gasteiger partial charge in [0.05, 0.1) is 11.4 Å². The van der Waals surface area contributed by atoms with Gasteiger partial charge in [-0.2, -0.15) is 0 Å². The molecule has 0 unspecified atom stereocenters. The normalized spacial score (nSPS) is 11.7. The molecule has 3 nitrogen and oxygen atoms in total. The van der Waals surface area contributed by atoms with Crippen LogP contribution in [0.5, 0.6) is 0 Å². The number of hydrogen-bond donors (Lipinski definition) is 0. The number of benzene rings is 2. The highest BCUT2D eigenvalue weighted by atomic mass is 19.1. The lowest BCUT2D eigenvalue weighted by Crippen LogP contribution is -1.92. The number of aryl methyl sites for hydroxylation is 2. The monoisotopic (exact) mass is 410 g/mol. The molecule has 0 radical (unpaired) electrons. The zero-order chi connectivity index (χ0) is 21.7. The molecule has 2 aromatic carbocycles. The van der Waals surface area contributed by atoms with Crippen LogP contribution in [-0.2, 0) is 0 Å². The molecule has 0 atom stereocenters. The van der Waals surface area contributed by atoms with Crippen molar-refractivity contribution in [3.63, 3.8) is 0 Å². The topological polar surface area (TPSA) is 38.9 Å². The Bertz CT molecular complexity index is 1430. The van der Waals surface area contributed by atoms with Gasteiger partial charge in [0.1, 0.15) is 11.4 Å². The Morgan fingerprint density at radius 1 is 0.871 bits per heavy atom. The third-order valence-electron chi connectivity index (χ3n) is 5.84. The lowest BCUT2D eigenvalue weighted by molar-refractivity contribution is 0.625. The average molecular weight is 410 g/mol. The molecular weight excluding hydrogens is 387 g/mol. The third-order valence-corrected chi connectivity index (χ3v) is 5.84. The molecule has 4 heteroatoms. The number of aromatic nitrogens is 2. The lowest BCUT2D eigenvalue weighted by atomic mass is 9.98. The fourth-order valence-corrected chi connectivity index (χ4v) is 4.29. The number of rotatable bonds is 3. The van der Waals surface area contributed by atoms with Crippen molar-refractivity contribution in [1.29, 1.82) is 0 Å². The second-order valence-electron chi connectivity index (χ2n) is 8.38. The highest BCUT2D eigenvalue weighted by Gasteiger charge is 2.16. The Labute approximate surface area is 180 Å². The van der Waals surface area contributed by atoms with E-state index in [0.29, 0.717) is 11.6 Å². The molecule has 0 aliphatic heterocycles. The first-order valence-electron chi connectivity index (χ1n) is 10.5. The number of para-hydroxylation sites is 1. The van der Waals surface area contributed by atoms with Gasteiger partial charge < -0.3 is 4.42 Å². The molecule has 0 saturated heterocycles. The predicted molar refractivity (Wildman–Crippen MR) is 124 cm³/mol. The van der Waals surface area contributed by atoms with Crippen LogP contribution >= 0.6 is 0 Å². The summed E-state index contributed by atoms with van der Waals surface area (Å²) in [7, 11) is 0. The summed E-state index contributed by atoms with van der Waals surface area (Å²) >= 11 is 0. The van der Waals surface area contributed by atoms with Crippen molar-refractivity contribution < 1.29 is 8.81 Å². The summed E-state index contributed by atoms with van der Waals surface area (Å²) in [5.74, 6) is 0.187. The second-order valence-corrected chi connectivity index (χ2v) is 8.38. The Balaban J connectivity index is 1.71. The Morgan fingerprint density at radius 2 is 1.65 bits per heavy atom. The molecule has 3 heterocycles. The second kappa shape index (κ2) is 7.31. The number of hydrogen-bond acceptors (Lipinski definition) is 3. The van der Waals surface area contributed by atoms with Gasteiger partial charge in [-0.3, -0.25) is 4.98 Å². The lowest BCUT2D eigenvalue weighted by Gasteiger charge is -2.09. The highest BCUT2D eigenvalue weighted by Crippen LogP contribution is 2.37. The molecule has 5 rings (SSSR count). The van der Waals surface area contributed by atoms with Crippen molar-refractivity contribution in [3.8, 4) is 22.5 Å². The molecule has 154 valence electrons. The Kier molecular flexibility index (Phi) is 4.58. The number of halogens is 1. The number of nitrogens with zero attached hydrogens (tertiary/aromatic N) is 2.